The van der Waals surface area contributed by atoms with E-state index in [2.05, 4.69) is 6.92 Å². The van der Waals surface area contributed by atoms with Crippen molar-refractivity contribution in [2.24, 2.45) is 5.92 Å². The lowest BCUT2D eigenvalue weighted by Gasteiger charge is -2.15. The van der Waals surface area contributed by atoms with Crippen molar-refractivity contribution in [2.75, 3.05) is 13.2 Å². The molecule has 18 heavy (non-hydrogen) atoms. The molecule has 5 atom stereocenters. The van der Waals surface area contributed by atoms with Crippen molar-refractivity contribution < 1.29 is 13.7 Å². The molecule has 0 radical (unpaired) electrons. The van der Waals surface area contributed by atoms with E-state index in [-0.39, 0.29) is 17.5 Å². The predicted octanol–water partition coefficient (Wildman–Crippen LogP) is 1.74. The molecule has 3 rings (SSSR count). The van der Waals surface area contributed by atoms with Gasteiger partial charge in [0, 0.05) is 22.5 Å². The molecule has 98 valence electrons. The van der Waals surface area contributed by atoms with Crippen molar-refractivity contribution in [1.29, 1.82) is 0 Å². The van der Waals surface area contributed by atoms with Gasteiger partial charge < -0.3 is 9.47 Å². The molecule has 2 fully saturated rings. The Balaban J connectivity index is 1.67. The average Bonchev–Trinajstić information content (AvgIpc) is 2.94. The van der Waals surface area contributed by atoms with E-state index >= 15 is 0 Å². The molecule has 0 aliphatic carbocycles. The van der Waals surface area contributed by atoms with Crippen LogP contribution in [0.2, 0.25) is 0 Å². The van der Waals surface area contributed by atoms with Crippen LogP contribution in [0, 0.1) is 5.92 Å². The highest BCUT2D eigenvalue weighted by Crippen LogP contribution is 2.33. The Kier molecular flexibility index (Phi) is 3.50. The van der Waals surface area contributed by atoms with Gasteiger partial charge in [-0.3, -0.25) is 4.21 Å². The summed E-state index contributed by atoms with van der Waals surface area (Å²) >= 11 is 0. The fourth-order valence-electron chi connectivity index (χ4n) is 2.73. The van der Waals surface area contributed by atoms with Crippen LogP contribution in [0.3, 0.4) is 0 Å². The lowest BCUT2D eigenvalue weighted by molar-refractivity contribution is 0.0660. The highest BCUT2D eigenvalue weighted by atomic mass is 32.2. The van der Waals surface area contributed by atoms with E-state index in [1.54, 1.807) is 0 Å². The molecule has 0 bridgehead atoms. The van der Waals surface area contributed by atoms with Crippen LogP contribution in [0.1, 0.15) is 12.5 Å². The predicted molar refractivity (Wildman–Crippen MR) is 70.7 cm³/mol. The van der Waals surface area contributed by atoms with Crippen molar-refractivity contribution in [2.45, 2.75) is 30.1 Å². The van der Waals surface area contributed by atoms with Crippen LogP contribution in [0.5, 0.6) is 0 Å². The molecule has 0 N–H and O–H groups in total. The molecule has 2 aliphatic heterocycles. The summed E-state index contributed by atoms with van der Waals surface area (Å²) < 4.78 is 23.9. The van der Waals surface area contributed by atoms with Gasteiger partial charge in [-0.1, -0.05) is 37.3 Å². The Labute approximate surface area is 110 Å². The zero-order chi connectivity index (χ0) is 12.5. The Morgan fingerprint density at radius 1 is 1.17 bits per heavy atom. The summed E-state index contributed by atoms with van der Waals surface area (Å²) in [5, 5.41) is 0.0279. The van der Waals surface area contributed by atoms with Crippen LogP contribution in [-0.4, -0.2) is 34.9 Å². The minimum atomic E-state index is -0.922. The summed E-state index contributed by atoms with van der Waals surface area (Å²) in [6, 6.07) is 9.97. The lowest BCUT2D eigenvalue weighted by atomic mass is 10.0. The van der Waals surface area contributed by atoms with Gasteiger partial charge in [0.25, 0.3) is 0 Å². The van der Waals surface area contributed by atoms with E-state index < -0.39 is 10.8 Å². The van der Waals surface area contributed by atoms with E-state index in [4.69, 9.17) is 9.47 Å². The molecule has 2 aliphatic rings. The summed E-state index contributed by atoms with van der Waals surface area (Å²) in [4.78, 5) is 0. The number of fused-ring (bicyclic) bond motifs is 1. The Bertz CT molecular complexity index is 434. The second-order valence-corrected chi connectivity index (χ2v) is 6.78. The zero-order valence-corrected chi connectivity index (χ0v) is 11.3. The molecule has 0 amide bonds. The Morgan fingerprint density at radius 2 is 1.89 bits per heavy atom. The number of benzene rings is 1. The third-order valence-electron chi connectivity index (χ3n) is 3.75. The maximum atomic E-state index is 12.4. The molecule has 0 spiro atoms. The minimum Gasteiger partial charge on any atom is -0.374 e. The maximum Gasteiger partial charge on any atom is 0.101 e. The molecule has 3 nitrogen and oxygen atoms in total. The quantitative estimate of drug-likeness (QED) is 0.836. The molecular formula is C14H18O3S. The molecule has 0 saturated carbocycles. The third-order valence-corrected chi connectivity index (χ3v) is 5.44. The average molecular weight is 266 g/mol. The van der Waals surface area contributed by atoms with Crippen LogP contribution in [0.15, 0.2) is 30.3 Å². The van der Waals surface area contributed by atoms with E-state index in [0.29, 0.717) is 18.3 Å². The number of hydrogen-bond donors (Lipinski definition) is 0. The highest BCUT2D eigenvalue weighted by molar-refractivity contribution is 7.85. The van der Waals surface area contributed by atoms with Gasteiger partial charge in [-0.15, -0.1) is 0 Å². The Hall–Kier alpha value is -0.710. The standard InChI is InChI=1S/C14H18O3S/c1-10-7-16-14-12(8-17-13(10)14)18(15)9-11-5-3-2-4-6-11/h2-6,10,12-14H,7-9H2,1H3. The first kappa shape index (κ1) is 12.3. The third kappa shape index (κ3) is 2.25. The highest BCUT2D eigenvalue weighted by Gasteiger charge is 2.47. The topological polar surface area (TPSA) is 35.5 Å². The van der Waals surface area contributed by atoms with Gasteiger partial charge in [0.15, 0.2) is 0 Å². The van der Waals surface area contributed by atoms with Crippen LogP contribution >= 0.6 is 0 Å². The summed E-state index contributed by atoms with van der Waals surface area (Å²) in [6.45, 7) is 3.43. The van der Waals surface area contributed by atoms with Crippen LogP contribution in [-0.2, 0) is 26.0 Å². The summed E-state index contributed by atoms with van der Waals surface area (Å²) in [5.41, 5.74) is 1.12. The van der Waals surface area contributed by atoms with Crippen LogP contribution in [0.4, 0.5) is 0 Å². The first-order valence-corrected chi connectivity index (χ1v) is 7.78. The first-order valence-electron chi connectivity index (χ1n) is 6.40. The van der Waals surface area contributed by atoms with Gasteiger partial charge in [-0.2, -0.15) is 0 Å². The fourth-order valence-corrected chi connectivity index (χ4v) is 4.22. The zero-order valence-electron chi connectivity index (χ0n) is 10.5. The number of ether oxygens (including phenoxy) is 2. The number of rotatable bonds is 3. The van der Waals surface area contributed by atoms with E-state index in [0.717, 1.165) is 12.2 Å². The summed E-state index contributed by atoms with van der Waals surface area (Å²) in [6.07, 6.45) is 0.180. The normalized spacial score (nSPS) is 36.5. The molecule has 1 aromatic rings. The SMILES string of the molecule is CC1COC2C1OCC2S(=O)Cc1ccccc1. The van der Waals surface area contributed by atoms with Crippen molar-refractivity contribution in [3.63, 3.8) is 0 Å². The molecule has 5 unspecified atom stereocenters. The van der Waals surface area contributed by atoms with Gasteiger partial charge in [0.2, 0.25) is 0 Å². The smallest absolute Gasteiger partial charge is 0.101 e. The van der Waals surface area contributed by atoms with Crippen molar-refractivity contribution in [3.05, 3.63) is 35.9 Å². The summed E-state index contributed by atoms with van der Waals surface area (Å²) in [5.74, 6) is 1.02. The molecule has 2 heterocycles. The second-order valence-electron chi connectivity index (χ2n) is 5.12. The summed E-state index contributed by atoms with van der Waals surface area (Å²) in [7, 11) is -0.922. The molecule has 4 heteroatoms. The van der Waals surface area contributed by atoms with Gasteiger partial charge in [-0.05, 0) is 5.56 Å². The fraction of sp³-hybridized carbons (Fsp3) is 0.571. The van der Waals surface area contributed by atoms with Gasteiger partial charge in [0.05, 0.1) is 24.6 Å². The number of hydrogen-bond acceptors (Lipinski definition) is 3. The molecule has 2 saturated heterocycles. The first-order chi connectivity index (χ1) is 8.75. The van der Waals surface area contributed by atoms with Gasteiger partial charge in [0.1, 0.15) is 6.10 Å². The van der Waals surface area contributed by atoms with Crippen LogP contribution in [0.25, 0.3) is 0 Å². The maximum absolute atomic E-state index is 12.4. The van der Waals surface area contributed by atoms with E-state index in [1.807, 2.05) is 30.3 Å². The van der Waals surface area contributed by atoms with Crippen molar-refractivity contribution in [1.82, 2.24) is 0 Å². The van der Waals surface area contributed by atoms with E-state index in [1.165, 1.54) is 0 Å². The minimum absolute atomic E-state index is 0.0279. The lowest BCUT2D eigenvalue weighted by Crippen LogP contribution is -2.32. The van der Waals surface area contributed by atoms with Gasteiger partial charge >= 0.3 is 0 Å². The van der Waals surface area contributed by atoms with Crippen molar-refractivity contribution >= 4 is 10.8 Å². The molecular weight excluding hydrogens is 248 g/mol. The van der Waals surface area contributed by atoms with E-state index in [9.17, 15) is 4.21 Å². The van der Waals surface area contributed by atoms with Gasteiger partial charge in [-0.25, -0.2) is 0 Å². The largest absolute Gasteiger partial charge is 0.374 e. The second kappa shape index (κ2) is 5.11. The molecule has 0 aromatic heterocycles. The van der Waals surface area contributed by atoms with Crippen LogP contribution < -0.4 is 0 Å². The molecule has 1 aromatic carbocycles. The van der Waals surface area contributed by atoms with Crippen molar-refractivity contribution in [3.8, 4) is 0 Å². The Morgan fingerprint density at radius 3 is 2.67 bits per heavy atom. The monoisotopic (exact) mass is 266 g/mol.